The zero-order valence-corrected chi connectivity index (χ0v) is 10.4. The Hall–Kier alpha value is -1.22. The molecule has 1 aromatic rings. The summed E-state index contributed by atoms with van der Waals surface area (Å²) in [4.78, 5) is 0. The summed E-state index contributed by atoms with van der Waals surface area (Å²) in [7, 11) is 1.83. The van der Waals surface area contributed by atoms with Crippen LogP contribution < -0.4 is 5.32 Å². The van der Waals surface area contributed by atoms with Crippen LogP contribution in [0.2, 0.25) is 0 Å². The van der Waals surface area contributed by atoms with Gasteiger partial charge in [-0.05, 0) is 44.9 Å². The third-order valence-corrected chi connectivity index (χ3v) is 2.83. The van der Waals surface area contributed by atoms with Crippen LogP contribution in [0.3, 0.4) is 0 Å². The predicted molar refractivity (Wildman–Crippen MR) is 67.0 cm³/mol. The molecule has 1 unspecified atom stereocenters. The summed E-state index contributed by atoms with van der Waals surface area (Å²) in [5.74, 6) is -1.51. The van der Waals surface area contributed by atoms with Gasteiger partial charge in [0.05, 0.1) is 0 Å². The Labute approximate surface area is 102 Å². The van der Waals surface area contributed by atoms with Gasteiger partial charge in [0.2, 0.25) is 0 Å². The molecule has 1 N–H and O–H groups in total. The molecule has 0 heterocycles. The molecular formula is C14H19F2N. The van der Waals surface area contributed by atoms with Crippen molar-refractivity contribution in [2.24, 2.45) is 0 Å². The van der Waals surface area contributed by atoms with Crippen molar-refractivity contribution in [2.75, 3.05) is 7.05 Å². The van der Waals surface area contributed by atoms with Gasteiger partial charge >= 0.3 is 0 Å². The van der Waals surface area contributed by atoms with Crippen molar-refractivity contribution in [1.29, 1.82) is 0 Å². The fourth-order valence-corrected chi connectivity index (χ4v) is 1.74. The standard InChI is InChI=1S/C14H19F2N/c1-10(2)7-8-12(17-3)9-11-5-4-6-13(15)14(11)16/h4-6,12,17H,1,7-9H2,2-3H3. The fraction of sp³-hybridized carbons (Fsp3) is 0.429. The van der Waals surface area contributed by atoms with Crippen molar-refractivity contribution in [3.05, 3.63) is 47.5 Å². The molecule has 1 nitrogen and oxygen atoms in total. The van der Waals surface area contributed by atoms with E-state index in [4.69, 9.17) is 0 Å². The molecule has 94 valence electrons. The van der Waals surface area contributed by atoms with Crippen LogP contribution in [0.4, 0.5) is 8.78 Å². The quantitative estimate of drug-likeness (QED) is 0.750. The van der Waals surface area contributed by atoms with Crippen LogP contribution in [-0.4, -0.2) is 13.1 Å². The van der Waals surface area contributed by atoms with Crippen molar-refractivity contribution >= 4 is 0 Å². The van der Waals surface area contributed by atoms with Gasteiger partial charge in [0.1, 0.15) is 0 Å². The van der Waals surface area contributed by atoms with E-state index in [1.165, 1.54) is 0 Å². The van der Waals surface area contributed by atoms with E-state index >= 15 is 0 Å². The lowest BCUT2D eigenvalue weighted by atomic mass is 9.99. The SMILES string of the molecule is C=C(C)CCC(Cc1cccc(F)c1F)NC. The second-order valence-corrected chi connectivity index (χ2v) is 4.40. The molecule has 1 atom stereocenters. The van der Waals surface area contributed by atoms with Crippen LogP contribution in [0.5, 0.6) is 0 Å². The summed E-state index contributed by atoms with van der Waals surface area (Å²) < 4.78 is 26.5. The van der Waals surface area contributed by atoms with E-state index in [0.29, 0.717) is 12.0 Å². The number of nitrogens with one attached hydrogen (secondary N) is 1. The van der Waals surface area contributed by atoms with E-state index in [2.05, 4.69) is 11.9 Å². The molecular weight excluding hydrogens is 220 g/mol. The molecule has 0 saturated heterocycles. The average Bonchev–Trinajstić information content (AvgIpc) is 2.29. The zero-order valence-electron chi connectivity index (χ0n) is 10.4. The first-order chi connectivity index (χ1) is 8.04. The van der Waals surface area contributed by atoms with Gasteiger partial charge in [-0.3, -0.25) is 0 Å². The maximum atomic E-state index is 13.5. The van der Waals surface area contributed by atoms with Gasteiger partial charge in [-0.1, -0.05) is 17.7 Å². The van der Waals surface area contributed by atoms with Gasteiger partial charge in [-0.15, -0.1) is 6.58 Å². The van der Waals surface area contributed by atoms with Crippen LogP contribution >= 0.6 is 0 Å². The van der Waals surface area contributed by atoms with E-state index in [-0.39, 0.29) is 6.04 Å². The van der Waals surface area contributed by atoms with Crippen molar-refractivity contribution in [1.82, 2.24) is 5.32 Å². The normalized spacial score (nSPS) is 12.5. The molecule has 0 radical (unpaired) electrons. The molecule has 0 fully saturated rings. The van der Waals surface area contributed by atoms with Gasteiger partial charge in [0.25, 0.3) is 0 Å². The minimum Gasteiger partial charge on any atom is -0.317 e. The van der Waals surface area contributed by atoms with Gasteiger partial charge in [0.15, 0.2) is 11.6 Å². The molecule has 0 bridgehead atoms. The Bertz CT molecular complexity index is 388. The lowest BCUT2D eigenvalue weighted by molar-refractivity contribution is 0.473. The minimum atomic E-state index is -0.780. The third-order valence-electron chi connectivity index (χ3n) is 2.83. The molecule has 0 aliphatic heterocycles. The van der Waals surface area contributed by atoms with E-state index in [1.54, 1.807) is 12.1 Å². The summed E-state index contributed by atoms with van der Waals surface area (Å²) in [6, 6.07) is 4.45. The van der Waals surface area contributed by atoms with Crippen LogP contribution in [0, 0.1) is 11.6 Å². The van der Waals surface area contributed by atoms with E-state index in [1.807, 2.05) is 14.0 Å². The first-order valence-electron chi connectivity index (χ1n) is 5.79. The lowest BCUT2D eigenvalue weighted by Crippen LogP contribution is -2.28. The van der Waals surface area contributed by atoms with Crippen LogP contribution in [0.25, 0.3) is 0 Å². The van der Waals surface area contributed by atoms with Crippen LogP contribution in [0.1, 0.15) is 25.3 Å². The van der Waals surface area contributed by atoms with Crippen molar-refractivity contribution in [2.45, 2.75) is 32.2 Å². The molecule has 0 saturated carbocycles. The molecule has 1 rings (SSSR count). The maximum Gasteiger partial charge on any atom is 0.162 e. The van der Waals surface area contributed by atoms with Crippen molar-refractivity contribution < 1.29 is 8.78 Å². The second kappa shape index (κ2) is 6.50. The highest BCUT2D eigenvalue weighted by atomic mass is 19.2. The first kappa shape index (κ1) is 13.8. The Morgan fingerprint density at radius 1 is 1.41 bits per heavy atom. The van der Waals surface area contributed by atoms with Gasteiger partial charge in [0, 0.05) is 6.04 Å². The Balaban J connectivity index is 2.67. The summed E-state index contributed by atoms with van der Waals surface area (Å²) in [5, 5.41) is 3.12. The van der Waals surface area contributed by atoms with Crippen molar-refractivity contribution in [3.63, 3.8) is 0 Å². The number of benzene rings is 1. The van der Waals surface area contributed by atoms with E-state index in [9.17, 15) is 8.78 Å². The Kier molecular flexibility index (Phi) is 5.29. The van der Waals surface area contributed by atoms with E-state index in [0.717, 1.165) is 24.5 Å². The largest absolute Gasteiger partial charge is 0.317 e. The lowest BCUT2D eigenvalue weighted by Gasteiger charge is -2.16. The predicted octanol–water partition coefficient (Wildman–Crippen LogP) is 3.45. The van der Waals surface area contributed by atoms with Crippen LogP contribution in [0.15, 0.2) is 30.4 Å². The number of likely N-dealkylation sites (N-methyl/N-ethyl adjacent to an activating group) is 1. The number of rotatable bonds is 6. The summed E-state index contributed by atoms with van der Waals surface area (Å²) in [6.45, 7) is 5.81. The molecule has 0 aromatic heterocycles. The first-order valence-corrected chi connectivity index (χ1v) is 5.79. The third kappa shape index (κ3) is 4.27. The number of allylic oxidation sites excluding steroid dienone is 1. The highest BCUT2D eigenvalue weighted by Gasteiger charge is 2.13. The Morgan fingerprint density at radius 2 is 2.12 bits per heavy atom. The van der Waals surface area contributed by atoms with E-state index < -0.39 is 11.6 Å². The molecule has 17 heavy (non-hydrogen) atoms. The smallest absolute Gasteiger partial charge is 0.162 e. The van der Waals surface area contributed by atoms with Crippen LogP contribution in [-0.2, 0) is 6.42 Å². The number of hydrogen-bond donors (Lipinski definition) is 1. The van der Waals surface area contributed by atoms with Gasteiger partial charge in [-0.25, -0.2) is 8.78 Å². The maximum absolute atomic E-state index is 13.5. The van der Waals surface area contributed by atoms with Gasteiger partial charge < -0.3 is 5.32 Å². The zero-order chi connectivity index (χ0) is 12.8. The molecule has 0 spiro atoms. The van der Waals surface area contributed by atoms with Gasteiger partial charge in [-0.2, -0.15) is 0 Å². The molecule has 1 aromatic carbocycles. The molecule has 0 amide bonds. The number of halogens is 2. The molecule has 3 heteroatoms. The average molecular weight is 239 g/mol. The molecule has 0 aliphatic carbocycles. The minimum absolute atomic E-state index is 0.142. The number of hydrogen-bond acceptors (Lipinski definition) is 1. The highest BCUT2D eigenvalue weighted by Crippen LogP contribution is 2.15. The Morgan fingerprint density at radius 3 is 2.71 bits per heavy atom. The summed E-state index contributed by atoms with van der Waals surface area (Å²) >= 11 is 0. The second-order valence-electron chi connectivity index (χ2n) is 4.40. The monoisotopic (exact) mass is 239 g/mol. The fourth-order valence-electron chi connectivity index (χ4n) is 1.74. The summed E-state index contributed by atoms with van der Waals surface area (Å²) in [6.07, 6.45) is 2.26. The topological polar surface area (TPSA) is 12.0 Å². The summed E-state index contributed by atoms with van der Waals surface area (Å²) in [5.41, 5.74) is 1.52. The highest BCUT2D eigenvalue weighted by molar-refractivity contribution is 5.20. The molecule has 0 aliphatic rings. The van der Waals surface area contributed by atoms with Crippen molar-refractivity contribution in [3.8, 4) is 0 Å².